The third-order valence-corrected chi connectivity index (χ3v) is 6.57. The van der Waals surface area contributed by atoms with Crippen molar-refractivity contribution < 1.29 is 4.79 Å². The van der Waals surface area contributed by atoms with Crippen LogP contribution in [0.3, 0.4) is 0 Å². The second-order valence-corrected chi connectivity index (χ2v) is 8.38. The first-order valence-electron chi connectivity index (χ1n) is 10.9. The molecule has 5 heteroatoms. The van der Waals surface area contributed by atoms with E-state index in [1.54, 1.807) is 0 Å². The summed E-state index contributed by atoms with van der Waals surface area (Å²) in [6, 6.07) is 1.19. The van der Waals surface area contributed by atoms with E-state index < -0.39 is 0 Å². The lowest BCUT2D eigenvalue weighted by molar-refractivity contribution is 0.0716. The number of carbonyl (C=O) groups is 1. The van der Waals surface area contributed by atoms with Gasteiger partial charge in [0, 0.05) is 43.0 Å². The maximum atomic E-state index is 13.1. The van der Waals surface area contributed by atoms with E-state index in [0.717, 1.165) is 51.0 Å². The number of aromatic nitrogens is 2. The second-order valence-electron chi connectivity index (χ2n) is 8.38. The quantitative estimate of drug-likeness (QED) is 0.898. The Morgan fingerprint density at radius 2 is 1.77 bits per heavy atom. The van der Waals surface area contributed by atoms with E-state index in [1.807, 2.05) is 4.90 Å². The molecule has 5 nitrogen and oxygen atoms in total. The molecule has 26 heavy (non-hydrogen) atoms. The van der Waals surface area contributed by atoms with E-state index in [9.17, 15) is 4.79 Å². The van der Waals surface area contributed by atoms with Crippen LogP contribution >= 0.6 is 0 Å². The maximum Gasteiger partial charge on any atom is 0.274 e. The molecule has 0 radical (unpaired) electrons. The highest BCUT2D eigenvalue weighted by atomic mass is 16.2. The summed E-state index contributed by atoms with van der Waals surface area (Å²) >= 11 is 0. The molecule has 2 fully saturated rings. The van der Waals surface area contributed by atoms with Gasteiger partial charge in [-0.1, -0.05) is 19.3 Å². The number of carbonyl (C=O) groups excluding carboxylic acids is 1. The first-order valence-corrected chi connectivity index (χ1v) is 10.9. The predicted octanol–water partition coefficient (Wildman–Crippen LogP) is 3.31. The van der Waals surface area contributed by atoms with E-state index in [2.05, 4.69) is 16.9 Å². The van der Waals surface area contributed by atoms with Crippen LogP contribution in [0.1, 0.15) is 86.5 Å². The van der Waals surface area contributed by atoms with Crippen molar-refractivity contribution in [1.29, 1.82) is 0 Å². The molecule has 1 aromatic heterocycles. The van der Waals surface area contributed by atoms with Crippen molar-refractivity contribution in [2.75, 3.05) is 13.1 Å². The molecular formula is C21H34N4O. The van der Waals surface area contributed by atoms with Crippen LogP contribution in [0.25, 0.3) is 0 Å². The summed E-state index contributed by atoms with van der Waals surface area (Å²) in [6.45, 7) is 4.79. The summed E-state index contributed by atoms with van der Waals surface area (Å²) in [5.41, 5.74) is 3.30. The zero-order valence-electron chi connectivity index (χ0n) is 16.3. The fourth-order valence-electron chi connectivity index (χ4n) is 5.11. The monoisotopic (exact) mass is 358 g/mol. The molecule has 0 aromatic carbocycles. The van der Waals surface area contributed by atoms with Crippen molar-refractivity contribution in [2.24, 2.45) is 0 Å². The Morgan fingerprint density at radius 3 is 2.50 bits per heavy atom. The minimum absolute atomic E-state index is 0.173. The lowest BCUT2D eigenvalue weighted by atomic mass is 9.88. The molecule has 1 aromatic rings. The van der Waals surface area contributed by atoms with Crippen molar-refractivity contribution in [3.63, 3.8) is 0 Å². The number of rotatable bonds is 4. The third-order valence-electron chi connectivity index (χ3n) is 6.57. The van der Waals surface area contributed by atoms with Gasteiger partial charge in [0.2, 0.25) is 0 Å². The van der Waals surface area contributed by atoms with Gasteiger partial charge in [0.15, 0.2) is 5.69 Å². The second kappa shape index (κ2) is 8.12. The van der Waals surface area contributed by atoms with Gasteiger partial charge in [-0.2, -0.15) is 5.10 Å². The molecule has 2 aliphatic carbocycles. The molecule has 1 atom stereocenters. The lowest BCUT2D eigenvalue weighted by Gasteiger charge is -2.31. The van der Waals surface area contributed by atoms with E-state index in [4.69, 9.17) is 5.10 Å². The van der Waals surface area contributed by atoms with Gasteiger partial charge >= 0.3 is 0 Å². The number of likely N-dealkylation sites (tertiary alicyclic amines) is 1. The Morgan fingerprint density at radius 1 is 1.04 bits per heavy atom. The fraction of sp³-hybridized carbons (Fsp3) is 0.810. The van der Waals surface area contributed by atoms with Gasteiger partial charge in [0.25, 0.3) is 5.91 Å². The van der Waals surface area contributed by atoms with Crippen molar-refractivity contribution in [3.05, 3.63) is 17.0 Å². The minimum atomic E-state index is 0.173. The molecule has 3 aliphatic rings. The Hall–Kier alpha value is -1.36. The predicted molar refractivity (Wildman–Crippen MR) is 103 cm³/mol. The Balaban J connectivity index is 1.51. The molecule has 1 aliphatic heterocycles. The van der Waals surface area contributed by atoms with E-state index in [-0.39, 0.29) is 5.91 Å². The van der Waals surface area contributed by atoms with Gasteiger partial charge in [0.05, 0.1) is 0 Å². The van der Waals surface area contributed by atoms with Gasteiger partial charge in [-0.25, -0.2) is 0 Å². The van der Waals surface area contributed by atoms with Crippen LogP contribution in [0, 0.1) is 0 Å². The molecule has 0 spiro atoms. The van der Waals surface area contributed by atoms with Crippen molar-refractivity contribution in [1.82, 2.24) is 20.0 Å². The number of nitrogens with zero attached hydrogens (tertiary/aromatic N) is 3. The molecule has 1 amide bonds. The van der Waals surface area contributed by atoms with Crippen LogP contribution in [-0.2, 0) is 19.4 Å². The Labute approximate surface area is 157 Å². The zero-order chi connectivity index (χ0) is 17.9. The first-order chi connectivity index (χ1) is 12.8. The number of hydrogen-bond acceptors (Lipinski definition) is 3. The Kier molecular flexibility index (Phi) is 5.63. The minimum Gasteiger partial charge on any atom is -0.337 e. The highest BCUT2D eigenvalue weighted by molar-refractivity contribution is 5.94. The van der Waals surface area contributed by atoms with Gasteiger partial charge < -0.3 is 10.2 Å². The largest absolute Gasteiger partial charge is 0.337 e. The van der Waals surface area contributed by atoms with Crippen molar-refractivity contribution in [3.8, 4) is 0 Å². The van der Waals surface area contributed by atoms with E-state index >= 15 is 0 Å². The molecule has 1 saturated carbocycles. The van der Waals surface area contributed by atoms with E-state index in [0.29, 0.717) is 12.1 Å². The molecular weight excluding hydrogens is 324 g/mol. The summed E-state index contributed by atoms with van der Waals surface area (Å²) in [5, 5.41) is 8.67. The summed E-state index contributed by atoms with van der Waals surface area (Å²) < 4.78 is 2.09. The number of piperidine rings is 1. The number of hydrogen-bond donors (Lipinski definition) is 1. The highest BCUT2D eigenvalue weighted by Crippen LogP contribution is 2.28. The number of nitrogens with one attached hydrogen (secondary N) is 1. The molecule has 0 bridgehead atoms. The summed E-state index contributed by atoms with van der Waals surface area (Å²) in [7, 11) is 0. The Bertz CT molecular complexity index is 626. The van der Waals surface area contributed by atoms with Crippen LogP contribution in [0.15, 0.2) is 0 Å². The highest BCUT2D eigenvalue weighted by Gasteiger charge is 2.32. The fourth-order valence-corrected chi connectivity index (χ4v) is 5.11. The van der Waals surface area contributed by atoms with Crippen molar-refractivity contribution >= 4 is 5.91 Å². The van der Waals surface area contributed by atoms with E-state index in [1.165, 1.54) is 56.2 Å². The number of aryl methyl sites for hydroxylation is 1. The van der Waals surface area contributed by atoms with Gasteiger partial charge in [-0.05, 0) is 58.3 Å². The average Bonchev–Trinajstić information content (AvgIpc) is 3.07. The van der Waals surface area contributed by atoms with Crippen molar-refractivity contribution in [2.45, 2.75) is 96.2 Å². The lowest BCUT2D eigenvalue weighted by Crippen LogP contribution is -2.43. The topological polar surface area (TPSA) is 50.2 Å². The van der Waals surface area contributed by atoms with Gasteiger partial charge in [-0.3, -0.25) is 9.48 Å². The summed E-state index contributed by atoms with van der Waals surface area (Å²) in [6.07, 6.45) is 13.5. The zero-order valence-corrected chi connectivity index (χ0v) is 16.3. The van der Waals surface area contributed by atoms with Crippen LogP contribution in [0.2, 0.25) is 0 Å². The molecule has 1 saturated heterocycles. The molecule has 4 rings (SSSR count). The third kappa shape index (κ3) is 3.68. The molecule has 1 N–H and O–H groups in total. The van der Waals surface area contributed by atoms with Gasteiger partial charge in [0.1, 0.15) is 0 Å². The number of fused-ring (bicyclic) bond motifs is 1. The average molecular weight is 359 g/mol. The normalized spacial score (nSPS) is 24.5. The molecule has 2 heterocycles. The number of amides is 1. The molecule has 1 unspecified atom stereocenters. The van der Waals surface area contributed by atoms with Crippen LogP contribution in [0.4, 0.5) is 0 Å². The van der Waals surface area contributed by atoms with Crippen LogP contribution in [-0.4, -0.2) is 45.8 Å². The summed E-state index contributed by atoms with van der Waals surface area (Å²) in [4.78, 5) is 15.2. The first kappa shape index (κ1) is 18.0. The summed E-state index contributed by atoms with van der Waals surface area (Å²) in [5.74, 6) is 0.173. The SMILES string of the molecule is CCn1nc(C(=O)N2CCCCC2)c2c1CCC(NC1CCCCC1)C2. The maximum absolute atomic E-state index is 13.1. The van der Waals surface area contributed by atoms with Crippen LogP contribution < -0.4 is 5.32 Å². The standard InChI is InChI=1S/C21H34N4O/c1-2-25-19-12-11-17(22-16-9-5-3-6-10-16)15-18(19)20(23-25)21(26)24-13-7-4-8-14-24/h16-17,22H,2-15H2,1H3. The van der Waals surface area contributed by atoms with Crippen LogP contribution in [0.5, 0.6) is 0 Å². The van der Waals surface area contributed by atoms with Gasteiger partial charge in [-0.15, -0.1) is 0 Å². The smallest absolute Gasteiger partial charge is 0.274 e. The molecule has 144 valence electrons.